The van der Waals surface area contributed by atoms with Crippen molar-refractivity contribution < 1.29 is 4.74 Å². The van der Waals surface area contributed by atoms with Gasteiger partial charge in [0.25, 0.3) is 0 Å². The van der Waals surface area contributed by atoms with Crippen LogP contribution in [0.25, 0.3) is 0 Å². The Morgan fingerprint density at radius 3 is 2.50 bits per heavy atom. The molecule has 0 bridgehead atoms. The van der Waals surface area contributed by atoms with Crippen molar-refractivity contribution in [2.75, 3.05) is 7.05 Å². The van der Waals surface area contributed by atoms with Crippen molar-refractivity contribution in [2.45, 2.75) is 84.0 Å². The van der Waals surface area contributed by atoms with Gasteiger partial charge in [-0.25, -0.2) is 0 Å². The molecule has 2 aliphatic carbocycles. The Labute approximate surface area is 113 Å². The van der Waals surface area contributed by atoms with Crippen molar-refractivity contribution in [1.82, 2.24) is 5.32 Å². The van der Waals surface area contributed by atoms with Crippen molar-refractivity contribution in [3.63, 3.8) is 0 Å². The third kappa shape index (κ3) is 3.71. The second-order valence-corrected chi connectivity index (χ2v) is 7.39. The molecule has 0 heterocycles. The summed E-state index contributed by atoms with van der Waals surface area (Å²) >= 11 is 0. The second kappa shape index (κ2) is 5.92. The third-order valence-electron chi connectivity index (χ3n) is 4.79. The maximum absolute atomic E-state index is 6.48. The van der Waals surface area contributed by atoms with Crippen molar-refractivity contribution in [3.05, 3.63) is 0 Å². The molecule has 4 unspecified atom stereocenters. The van der Waals surface area contributed by atoms with E-state index in [0.717, 1.165) is 5.92 Å². The molecule has 0 aromatic carbocycles. The van der Waals surface area contributed by atoms with Crippen LogP contribution in [0, 0.1) is 11.3 Å². The zero-order valence-corrected chi connectivity index (χ0v) is 12.7. The summed E-state index contributed by atoms with van der Waals surface area (Å²) in [5, 5.41) is 3.45. The summed E-state index contributed by atoms with van der Waals surface area (Å²) in [7, 11) is 2.08. The zero-order chi connectivity index (χ0) is 13.2. The van der Waals surface area contributed by atoms with Crippen LogP contribution in [-0.4, -0.2) is 25.3 Å². The molecule has 2 saturated carbocycles. The van der Waals surface area contributed by atoms with Gasteiger partial charge >= 0.3 is 0 Å². The van der Waals surface area contributed by atoms with Crippen molar-refractivity contribution in [2.24, 2.45) is 11.3 Å². The summed E-state index contributed by atoms with van der Waals surface area (Å²) in [5.74, 6) is 0.815. The lowest BCUT2D eigenvalue weighted by Gasteiger charge is -2.42. The average Bonchev–Trinajstić information content (AvgIpc) is 2.27. The molecule has 0 spiro atoms. The second-order valence-electron chi connectivity index (χ2n) is 7.39. The molecule has 0 saturated heterocycles. The van der Waals surface area contributed by atoms with Gasteiger partial charge in [-0.3, -0.25) is 0 Å². The molecule has 1 N–H and O–H groups in total. The van der Waals surface area contributed by atoms with E-state index >= 15 is 0 Å². The van der Waals surface area contributed by atoms with E-state index < -0.39 is 0 Å². The number of ether oxygens (including phenoxy) is 1. The Morgan fingerprint density at radius 1 is 1.11 bits per heavy atom. The van der Waals surface area contributed by atoms with Gasteiger partial charge in [0.15, 0.2) is 0 Å². The molecule has 0 aromatic rings. The zero-order valence-electron chi connectivity index (χ0n) is 12.7. The Bertz CT molecular complexity index is 264. The lowest BCUT2D eigenvalue weighted by Crippen LogP contribution is -2.45. The number of likely N-dealkylation sites (N-methyl/N-ethyl adjacent to an activating group) is 1. The first-order valence-corrected chi connectivity index (χ1v) is 7.83. The van der Waals surface area contributed by atoms with Gasteiger partial charge in [0, 0.05) is 6.04 Å². The van der Waals surface area contributed by atoms with E-state index in [1.807, 2.05) is 0 Å². The predicted molar refractivity (Wildman–Crippen MR) is 76.8 cm³/mol. The quantitative estimate of drug-likeness (QED) is 0.827. The molecule has 2 nitrogen and oxygen atoms in total. The van der Waals surface area contributed by atoms with Gasteiger partial charge in [-0.05, 0) is 50.5 Å². The van der Waals surface area contributed by atoms with Crippen molar-refractivity contribution in [3.8, 4) is 0 Å². The Morgan fingerprint density at radius 2 is 1.83 bits per heavy atom. The minimum absolute atomic E-state index is 0.454. The summed E-state index contributed by atoms with van der Waals surface area (Å²) < 4.78 is 6.48. The molecule has 106 valence electrons. The van der Waals surface area contributed by atoms with E-state index in [9.17, 15) is 0 Å². The Kier molecular flexibility index (Phi) is 4.71. The van der Waals surface area contributed by atoms with E-state index in [4.69, 9.17) is 4.74 Å². The van der Waals surface area contributed by atoms with Gasteiger partial charge in [-0.2, -0.15) is 0 Å². The molecule has 0 aromatic heterocycles. The van der Waals surface area contributed by atoms with E-state index in [1.165, 1.54) is 44.9 Å². The molecule has 0 amide bonds. The fraction of sp³-hybridized carbons (Fsp3) is 1.00. The van der Waals surface area contributed by atoms with E-state index in [0.29, 0.717) is 23.7 Å². The normalized spacial score (nSPS) is 40.7. The number of nitrogens with one attached hydrogen (secondary N) is 1. The van der Waals surface area contributed by atoms with Crippen LogP contribution in [0.4, 0.5) is 0 Å². The molecule has 2 heteroatoms. The van der Waals surface area contributed by atoms with Crippen molar-refractivity contribution in [1.29, 1.82) is 0 Å². The highest BCUT2D eigenvalue weighted by atomic mass is 16.5. The summed E-state index contributed by atoms with van der Waals surface area (Å²) in [6.45, 7) is 7.18. The molecule has 2 rings (SSSR count). The molecule has 2 aliphatic rings. The summed E-state index contributed by atoms with van der Waals surface area (Å²) in [5.41, 5.74) is 0.464. The van der Waals surface area contributed by atoms with Crippen LogP contribution in [0.15, 0.2) is 0 Å². The highest BCUT2D eigenvalue weighted by molar-refractivity contribution is 4.87. The van der Waals surface area contributed by atoms with Crippen LogP contribution in [0.5, 0.6) is 0 Å². The van der Waals surface area contributed by atoms with E-state index in [1.54, 1.807) is 0 Å². The SMILES string of the molecule is CNC1CCCCC1OC1CC(C)CC(C)(C)C1. The standard InChI is InChI=1S/C16H31NO/c1-12-9-13(11-16(2,3)10-12)18-15-8-6-5-7-14(15)17-4/h12-15,17H,5-11H2,1-4H3. The molecule has 0 aliphatic heterocycles. The first-order valence-electron chi connectivity index (χ1n) is 7.83. The molecule has 4 atom stereocenters. The molecule has 2 fully saturated rings. The number of hydrogen-bond donors (Lipinski definition) is 1. The summed E-state index contributed by atoms with van der Waals surface area (Å²) in [4.78, 5) is 0. The summed E-state index contributed by atoms with van der Waals surface area (Å²) in [6, 6.07) is 0.582. The van der Waals surface area contributed by atoms with E-state index in [-0.39, 0.29) is 0 Å². The fourth-order valence-corrected chi connectivity index (χ4v) is 4.20. The first-order chi connectivity index (χ1) is 8.50. The molecular formula is C16H31NO. The third-order valence-corrected chi connectivity index (χ3v) is 4.79. The molecule has 18 heavy (non-hydrogen) atoms. The topological polar surface area (TPSA) is 21.3 Å². The average molecular weight is 253 g/mol. The smallest absolute Gasteiger partial charge is 0.0731 e. The maximum Gasteiger partial charge on any atom is 0.0731 e. The maximum atomic E-state index is 6.48. The van der Waals surface area contributed by atoms with Gasteiger partial charge in [-0.1, -0.05) is 33.6 Å². The van der Waals surface area contributed by atoms with Crippen LogP contribution >= 0.6 is 0 Å². The van der Waals surface area contributed by atoms with Crippen LogP contribution in [0.1, 0.15) is 65.7 Å². The van der Waals surface area contributed by atoms with E-state index in [2.05, 4.69) is 33.1 Å². The monoisotopic (exact) mass is 253 g/mol. The summed E-state index contributed by atoms with van der Waals surface area (Å²) in [6.07, 6.45) is 10.0. The number of hydrogen-bond acceptors (Lipinski definition) is 2. The van der Waals surface area contributed by atoms with Crippen molar-refractivity contribution >= 4 is 0 Å². The number of rotatable bonds is 3. The van der Waals surface area contributed by atoms with Crippen LogP contribution < -0.4 is 5.32 Å². The Hall–Kier alpha value is -0.0800. The predicted octanol–water partition coefficient (Wildman–Crippen LogP) is 3.75. The Balaban J connectivity index is 1.91. The lowest BCUT2D eigenvalue weighted by atomic mass is 9.71. The highest BCUT2D eigenvalue weighted by Crippen LogP contribution is 2.40. The van der Waals surface area contributed by atoms with Gasteiger partial charge < -0.3 is 10.1 Å². The fourth-order valence-electron chi connectivity index (χ4n) is 4.20. The molecule has 0 radical (unpaired) electrons. The first kappa shape index (κ1) is 14.3. The van der Waals surface area contributed by atoms with Crippen LogP contribution in [0.3, 0.4) is 0 Å². The van der Waals surface area contributed by atoms with Gasteiger partial charge in [0.2, 0.25) is 0 Å². The van der Waals surface area contributed by atoms with Crippen LogP contribution in [0.2, 0.25) is 0 Å². The minimum Gasteiger partial charge on any atom is -0.373 e. The van der Waals surface area contributed by atoms with Crippen LogP contribution in [-0.2, 0) is 4.74 Å². The molecular weight excluding hydrogens is 222 g/mol. The van der Waals surface area contributed by atoms with Gasteiger partial charge in [0.1, 0.15) is 0 Å². The lowest BCUT2D eigenvalue weighted by molar-refractivity contribution is -0.0868. The van der Waals surface area contributed by atoms with Gasteiger partial charge in [0.05, 0.1) is 12.2 Å². The highest BCUT2D eigenvalue weighted by Gasteiger charge is 2.35. The van der Waals surface area contributed by atoms with Gasteiger partial charge in [-0.15, -0.1) is 0 Å². The minimum atomic E-state index is 0.454. The largest absolute Gasteiger partial charge is 0.373 e.